The maximum Gasteiger partial charge on any atom is 0.0658 e. The fraction of sp³-hybridized carbons (Fsp3) is 0.643. The molecule has 17 heavy (non-hydrogen) atoms. The quantitative estimate of drug-likeness (QED) is 0.887. The second-order valence-corrected chi connectivity index (χ2v) is 5.99. The van der Waals surface area contributed by atoms with E-state index in [0.29, 0.717) is 6.04 Å². The van der Waals surface area contributed by atoms with E-state index in [2.05, 4.69) is 24.1 Å². The van der Waals surface area contributed by atoms with Crippen LogP contribution in [0.2, 0.25) is 5.02 Å². The summed E-state index contributed by atoms with van der Waals surface area (Å²) in [7, 11) is 0. The summed E-state index contributed by atoms with van der Waals surface area (Å²) in [5.41, 5.74) is 0.980. The first-order valence-corrected chi connectivity index (χ1v) is 6.82. The number of halogens is 1. The van der Waals surface area contributed by atoms with Gasteiger partial charge < -0.3 is 5.32 Å². The molecule has 0 spiro atoms. The van der Waals surface area contributed by atoms with Gasteiger partial charge in [-0.2, -0.15) is 0 Å². The molecule has 0 aromatic carbocycles. The fourth-order valence-corrected chi connectivity index (χ4v) is 2.87. The zero-order chi connectivity index (χ0) is 12.3. The number of nitrogens with one attached hydrogen (secondary N) is 1. The number of nitrogens with zero attached hydrogens (tertiary/aromatic N) is 1. The van der Waals surface area contributed by atoms with Crippen molar-refractivity contribution in [1.29, 1.82) is 0 Å². The van der Waals surface area contributed by atoms with Crippen molar-refractivity contribution in [2.75, 3.05) is 6.54 Å². The van der Waals surface area contributed by atoms with E-state index in [-0.39, 0.29) is 5.41 Å². The van der Waals surface area contributed by atoms with E-state index in [4.69, 9.17) is 11.6 Å². The van der Waals surface area contributed by atoms with Crippen LogP contribution in [0.5, 0.6) is 0 Å². The third-order valence-electron chi connectivity index (χ3n) is 3.59. The third-order valence-corrected chi connectivity index (χ3v) is 3.89. The van der Waals surface area contributed by atoms with E-state index >= 15 is 0 Å². The molecule has 1 fully saturated rings. The molecule has 1 N–H and O–H groups in total. The molecule has 3 heteroatoms. The molecule has 94 valence electrons. The molecule has 0 atom stereocenters. The van der Waals surface area contributed by atoms with Crippen LogP contribution in [-0.2, 0) is 5.41 Å². The van der Waals surface area contributed by atoms with Crippen LogP contribution in [0.1, 0.15) is 45.2 Å². The Kier molecular flexibility index (Phi) is 4.05. The van der Waals surface area contributed by atoms with Crippen molar-refractivity contribution in [1.82, 2.24) is 10.3 Å². The van der Waals surface area contributed by atoms with Gasteiger partial charge in [0, 0.05) is 24.2 Å². The van der Waals surface area contributed by atoms with Crippen LogP contribution in [0.4, 0.5) is 0 Å². The summed E-state index contributed by atoms with van der Waals surface area (Å²) in [5, 5.41) is 4.42. The Balaban J connectivity index is 2.00. The van der Waals surface area contributed by atoms with Crippen molar-refractivity contribution in [3.8, 4) is 0 Å². The summed E-state index contributed by atoms with van der Waals surface area (Å²) < 4.78 is 0. The summed E-state index contributed by atoms with van der Waals surface area (Å²) >= 11 is 6.21. The number of aromatic nitrogens is 1. The third kappa shape index (κ3) is 3.20. The molecule has 0 amide bonds. The van der Waals surface area contributed by atoms with Crippen molar-refractivity contribution in [3.63, 3.8) is 0 Å². The fourth-order valence-electron chi connectivity index (χ4n) is 2.50. The van der Waals surface area contributed by atoms with Crippen LogP contribution in [-0.4, -0.2) is 17.6 Å². The second-order valence-electron chi connectivity index (χ2n) is 5.58. The molecule has 0 unspecified atom stereocenters. The molecule has 0 saturated heterocycles. The van der Waals surface area contributed by atoms with E-state index < -0.39 is 0 Å². The maximum atomic E-state index is 6.21. The summed E-state index contributed by atoms with van der Waals surface area (Å²) in [5.74, 6) is 0. The van der Waals surface area contributed by atoms with Gasteiger partial charge in [-0.3, -0.25) is 4.98 Å². The van der Waals surface area contributed by atoms with Crippen LogP contribution in [0.15, 0.2) is 18.3 Å². The Morgan fingerprint density at radius 3 is 2.76 bits per heavy atom. The summed E-state index contributed by atoms with van der Waals surface area (Å²) in [6.45, 7) is 5.33. The lowest BCUT2D eigenvalue weighted by Gasteiger charge is -2.27. The molecule has 1 aliphatic rings. The summed E-state index contributed by atoms with van der Waals surface area (Å²) in [6.07, 6.45) is 7.17. The topological polar surface area (TPSA) is 24.9 Å². The SMILES string of the molecule is CC(C)(CNC1CCCC1)c1ncccc1Cl. The lowest BCUT2D eigenvalue weighted by atomic mass is 9.88. The molecule has 1 aromatic heterocycles. The van der Waals surface area contributed by atoms with Gasteiger partial charge in [-0.1, -0.05) is 38.3 Å². The molecule has 0 bridgehead atoms. The average Bonchev–Trinajstić information content (AvgIpc) is 2.80. The lowest BCUT2D eigenvalue weighted by Crippen LogP contribution is -2.38. The van der Waals surface area contributed by atoms with Gasteiger partial charge in [-0.15, -0.1) is 0 Å². The predicted octanol–water partition coefficient (Wildman–Crippen LogP) is 3.54. The van der Waals surface area contributed by atoms with E-state index in [9.17, 15) is 0 Å². The first-order chi connectivity index (χ1) is 8.09. The Morgan fingerprint density at radius 1 is 1.41 bits per heavy atom. The molecule has 1 heterocycles. The second kappa shape index (κ2) is 5.36. The number of pyridine rings is 1. The number of hydrogen-bond acceptors (Lipinski definition) is 2. The van der Waals surface area contributed by atoms with Crippen LogP contribution in [0.3, 0.4) is 0 Å². The van der Waals surface area contributed by atoms with Crippen molar-refractivity contribution in [2.45, 2.75) is 51.0 Å². The normalized spacial score (nSPS) is 17.6. The van der Waals surface area contributed by atoms with Gasteiger partial charge >= 0.3 is 0 Å². The molecule has 2 nitrogen and oxygen atoms in total. The van der Waals surface area contributed by atoms with E-state index in [1.54, 1.807) is 0 Å². The highest BCUT2D eigenvalue weighted by atomic mass is 35.5. The minimum atomic E-state index is -0.0130. The Morgan fingerprint density at radius 2 is 2.12 bits per heavy atom. The Hall–Kier alpha value is -0.600. The molecular weight excluding hydrogens is 232 g/mol. The van der Waals surface area contributed by atoms with Gasteiger partial charge in [0.15, 0.2) is 0 Å². The molecule has 1 saturated carbocycles. The van der Waals surface area contributed by atoms with E-state index in [0.717, 1.165) is 17.3 Å². The van der Waals surface area contributed by atoms with Crippen molar-refractivity contribution < 1.29 is 0 Å². The Bertz CT molecular complexity index is 370. The van der Waals surface area contributed by atoms with Gasteiger partial charge in [-0.25, -0.2) is 0 Å². The molecule has 1 aromatic rings. The highest BCUT2D eigenvalue weighted by Gasteiger charge is 2.26. The van der Waals surface area contributed by atoms with Crippen LogP contribution in [0.25, 0.3) is 0 Å². The largest absolute Gasteiger partial charge is 0.313 e. The van der Waals surface area contributed by atoms with Crippen LogP contribution < -0.4 is 5.32 Å². The lowest BCUT2D eigenvalue weighted by molar-refractivity contribution is 0.412. The predicted molar refractivity (Wildman–Crippen MR) is 72.5 cm³/mol. The zero-order valence-electron chi connectivity index (χ0n) is 10.7. The molecule has 1 aliphatic carbocycles. The molecule has 0 radical (unpaired) electrons. The minimum absolute atomic E-state index is 0.0130. The molecule has 2 rings (SSSR count). The van der Waals surface area contributed by atoms with Gasteiger partial charge in [0.1, 0.15) is 0 Å². The first-order valence-electron chi connectivity index (χ1n) is 6.44. The van der Waals surface area contributed by atoms with Gasteiger partial charge in [0.05, 0.1) is 10.7 Å². The van der Waals surface area contributed by atoms with Gasteiger partial charge in [0.2, 0.25) is 0 Å². The molecular formula is C14H21ClN2. The van der Waals surface area contributed by atoms with Gasteiger partial charge in [-0.05, 0) is 25.0 Å². The van der Waals surface area contributed by atoms with Crippen molar-refractivity contribution in [3.05, 3.63) is 29.0 Å². The van der Waals surface area contributed by atoms with Crippen molar-refractivity contribution in [2.24, 2.45) is 0 Å². The smallest absolute Gasteiger partial charge is 0.0658 e. The van der Waals surface area contributed by atoms with Crippen molar-refractivity contribution >= 4 is 11.6 Å². The van der Waals surface area contributed by atoms with Crippen LogP contribution in [0, 0.1) is 0 Å². The maximum absolute atomic E-state index is 6.21. The van der Waals surface area contributed by atoms with E-state index in [1.807, 2.05) is 18.3 Å². The van der Waals surface area contributed by atoms with E-state index in [1.165, 1.54) is 25.7 Å². The average molecular weight is 253 g/mol. The van der Waals surface area contributed by atoms with Gasteiger partial charge in [0.25, 0.3) is 0 Å². The Labute approximate surface area is 109 Å². The number of hydrogen-bond donors (Lipinski definition) is 1. The highest BCUT2D eigenvalue weighted by molar-refractivity contribution is 6.31. The standard InChI is InChI=1S/C14H21ClN2/c1-14(2,10-17-11-6-3-4-7-11)13-12(15)8-5-9-16-13/h5,8-9,11,17H,3-4,6-7,10H2,1-2H3. The number of rotatable bonds is 4. The minimum Gasteiger partial charge on any atom is -0.313 e. The zero-order valence-corrected chi connectivity index (χ0v) is 11.4. The monoisotopic (exact) mass is 252 g/mol. The summed E-state index contributed by atoms with van der Waals surface area (Å²) in [6, 6.07) is 4.49. The molecule has 0 aliphatic heterocycles. The first kappa shape index (κ1) is 12.8. The van der Waals surface area contributed by atoms with Crippen LogP contribution >= 0.6 is 11.6 Å². The highest BCUT2D eigenvalue weighted by Crippen LogP contribution is 2.28. The summed E-state index contributed by atoms with van der Waals surface area (Å²) in [4.78, 5) is 4.42.